The van der Waals surface area contributed by atoms with Gasteiger partial charge in [-0.05, 0) is 18.1 Å². The minimum absolute atomic E-state index is 0.117. The minimum atomic E-state index is -1.25. The number of aliphatic hydroxyl groups is 2. The molecule has 98 valence electrons. The zero-order chi connectivity index (χ0) is 13.6. The highest BCUT2D eigenvalue weighted by molar-refractivity contribution is 5.76. The molecule has 0 aliphatic rings. The van der Waals surface area contributed by atoms with Crippen LogP contribution in [0.5, 0.6) is 0 Å². The van der Waals surface area contributed by atoms with Gasteiger partial charge in [-0.25, -0.2) is 0 Å². The number of hydrogen-bond acceptors (Lipinski definition) is 4. The van der Waals surface area contributed by atoms with Crippen LogP contribution >= 0.6 is 0 Å². The summed E-state index contributed by atoms with van der Waals surface area (Å²) in [6.07, 6.45) is 1.73. The van der Waals surface area contributed by atoms with Gasteiger partial charge in [-0.1, -0.05) is 36.9 Å². The molecule has 0 aromatic heterocycles. The Kier molecular flexibility index (Phi) is 5.07. The molecule has 1 rings (SSSR count). The van der Waals surface area contributed by atoms with Crippen molar-refractivity contribution in [2.45, 2.75) is 13.5 Å². The Morgan fingerprint density at radius 3 is 2.33 bits per heavy atom. The van der Waals surface area contributed by atoms with Gasteiger partial charge in [0.2, 0.25) is 0 Å². The molecule has 0 fully saturated rings. The van der Waals surface area contributed by atoms with Gasteiger partial charge in [0, 0.05) is 0 Å². The van der Waals surface area contributed by atoms with E-state index in [1.165, 1.54) is 6.92 Å². The number of ether oxygens (including phenoxy) is 1. The van der Waals surface area contributed by atoms with Gasteiger partial charge in [0.05, 0.1) is 13.2 Å². The molecule has 0 saturated heterocycles. The first-order valence-corrected chi connectivity index (χ1v) is 5.66. The maximum absolute atomic E-state index is 11.7. The second-order valence-electron chi connectivity index (χ2n) is 4.40. The fraction of sp³-hybridized carbons (Fsp3) is 0.357. The molecule has 1 aromatic carbocycles. The Morgan fingerprint density at radius 2 is 1.89 bits per heavy atom. The van der Waals surface area contributed by atoms with Crippen molar-refractivity contribution in [3.63, 3.8) is 0 Å². The van der Waals surface area contributed by atoms with Crippen molar-refractivity contribution in [1.82, 2.24) is 0 Å². The molecule has 0 atom stereocenters. The maximum Gasteiger partial charge on any atom is 0.316 e. The summed E-state index contributed by atoms with van der Waals surface area (Å²) in [4.78, 5) is 11.7. The molecule has 0 amide bonds. The average molecular weight is 250 g/mol. The lowest BCUT2D eigenvalue weighted by Crippen LogP contribution is -2.36. The summed E-state index contributed by atoms with van der Waals surface area (Å²) in [5, 5.41) is 18.1. The standard InChI is InChI=1S/C14H18O4/c1-3-11-4-6-12(7-5-11)8-18-13(17)14(2,9-15)10-16/h3-7,15-16H,1,8-10H2,2H3. The quantitative estimate of drug-likeness (QED) is 0.748. The summed E-state index contributed by atoms with van der Waals surface area (Å²) in [5.74, 6) is -0.611. The molecule has 4 heteroatoms. The number of esters is 1. The van der Waals surface area contributed by atoms with Crippen molar-refractivity contribution in [3.8, 4) is 0 Å². The number of carbonyl (C=O) groups excluding carboxylic acids is 1. The fourth-order valence-corrected chi connectivity index (χ4v) is 1.25. The molecule has 0 heterocycles. The van der Waals surface area contributed by atoms with E-state index in [1.54, 1.807) is 6.08 Å². The van der Waals surface area contributed by atoms with Crippen molar-refractivity contribution >= 4 is 12.0 Å². The van der Waals surface area contributed by atoms with Crippen LogP contribution in [0.1, 0.15) is 18.1 Å². The normalized spacial score (nSPS) is 11.1. The first-order valence-electron chi connectivity index (χ1n) is 5.66. The van der Waals surface area contributed by atoms with E-state index in [9.17, 15) is 4.79 Å². The summed E-state index contributed by atoms with van der Waals surface area (Å²) in [5.41, 5.74) is 0.578. The summed E-state index contributed by atoms with van der Waals surface area (Å²) < 4.78 is 5.06. The monoisotopic (exact) mass is 250 g/mol. The number of benzene rings is 1. The second-order valence-corrected chi connectivity index (χ2v) is 4.40. The van der Waals surface area contributed by atoms with E-state index in [1.807, 2.05) is 24.3 Å². The Hall–Kier alpha value is -1.65. The Morgan fingerprint density at radius 1 is 1.33 bits per heavy atom. The van der Waals surface area contributed by atoms with E-state index in [0.29, 0.717) is 0 Å². The number of aliphatic hydroxyl groups excluding tert-OH is 2. The molecule has 0 aliphatic carbocycles. The number of hydrogen-bond donors (Lipinski definition) is 2. The highest BCUT2D eigenvalue weighted by Crippen LogP contribution is 2.17. The van der Waals surface area contributed by atoms with Gasteiger partial charge in [-0.2, -0.15) is 0 Å². The first-order chi connectivity index (χ1) is 8.55. The summed E-state index contributed by atoms with van der Waals surface area (Å²) in [6, 6.07) is 7.40. The zero-order valence-corrected chi connectivity index (χ0v) is 10.4. The smallest absolute Gasteiger partial charge is 0.316 e. The molecular weight excluding hydrogens is 232 g/mol. The van der Waals surface area contributed by atoms with Gasteiger partial charge in [0.1, 0.15) is 12.0 Å². The SMILES string of the molecule is C=Cc1ccc(COC(=O)C(C)(CO)CO)cc1. The molecule has 18 heavy (non-hydrogen) atoms. The van der Waals surface area contributed by atoms with Crippen molar-refractivity contribution in [3.05, 3.63) is 42.0 Å². The Labute approximate surface area is 107 Å². The third-order valence-corrected chi connectivity index (χ3v) is 2.78. The molecule has 1 aromatic rings. The number of rotatable bonds is 6. The second kappa shape index (κ2) is 6.33. The summed E-state index contributed by atoms with van der Waals surface area (Å²) in [7, 11) is 0. The lowest BCUT2D eigenvalue weighted by Gasteiger charge is -2.22. The highest BCUT2D eigenvalue weighted by atomic mass is 16.5. The van der Waals surface area contributed by atoms with Crippen molar-refractivity contribution < 1.29 is 19.7 Å². The molecule has 2 N–H and O–H groups in total. The van der Waals surface area contributed by atoms with Crippen molar-refractivity contribution in [2.75, 3.05) is 13.2 Å². The predicted octanol–water partition coefficient (Wildman–Crippen LogP) is 1.36. The van der Waals surface area contributed by atoms with Gasteiger partial charge in [-0.15, -0.1) is 0 Å². The van der Waals surface area contributed by atoms with Gasteiger partial charge in [-0.3, -0.25) is 4.79 Å². The minimum Gasteiger partial charge on any atom is -0.460 e. The van der Waals surface area contributed by atoms with Crippen LogP contribution in [-0.2, 0) is 16.1 Å². The third-order valence-electron chi connectivity index (χ3n) is 2.78. The lowest BCUT2D eigenvalue weighted by molar-refractivity contribution is -0.161. The zero-order valence-electron chi connectivity index (χ0n) is 10.4. The topological polar surface area (TPSA) is 66.8 Å². The van der Waals surface area contributed by atoms with E-state index in [-0.39, 0.29) is 6.61 Å². The third kappa shape index (κ3) is 3.42. The highest BCUT2D eigenvalue weighted by Gasteiger charge is 2.33. The van der Waals surface area contributed by atoms with Crippen LogP contribution in [0.25, 0.3) is 6.08 Å². The molecule has 0 unspecified atom stereocenters. The maximum atomic E-state index is 11.7. The molecule has 4 nitrogen and oxygen atoms in total. The molecular formula is C14H18O4. The van der Waals surface area contributed by atoms with Crippen LogP contribution in [0.2, 0.25) is 0 Å². The van der Waals surface area contributed by atoms with Crippen LogP contribution < -0.4 is 0 Å². The van der Waals surface area contributed by atoms with E-state index in [4.69, 9.17) is 14.9 Å². The van der Waals surface area contributed by atoms with Crippen LogP contribution in [0.3, 0.4) is 0 Å². The van der Waals surface area contributed by atoms with E-state index in [2.05, 4.69) is 6.58 Å². The van der Waals surface area contributed by atoms with Crippen LogP contribution in [-0.4, -0.2) is 29.4 Å². The van der Waals surface area contributed by atoms with Crippen LogP contribution in [0.15, 0.2) is 30.8 Å². The molecule has 0 radical (unpaired) electrons. The van der Waals surface area contributed by atoms with Crippen molar-refractivity contribution in [2.24, 2.45) is 5.41 Å². The van der Waals surface area contributed by atoms with E-state index < -0.39 is 24.6 Å². The van der Waals surface area contributed by atoms with Gasteiger partial charge in [0.15, 0.2) is 0 Å². The predicted molar refractivity (Wildman–Crippen MR) is 68.6 cm³/mol. The average Bonchev–Trinajstić information content (AvgIpc) is 2.44. The molecule has 0 saturated carbocycles. The lowest BCUT2D eigenvalue weighted by atomic mass is 9.93. The van der Waals surface area contributed by atoms with Gasteiger partial charge in [0.25, 0.3) is 0 Å². The largest absolute Gasteiger partial charge is 0.460 e. The van der Waals surface area contributed by atoms with E-state index >= 15 is 0 Å². The van der Waals surface area contributed by atoms with Crippen molar-refractivity contribution in [1.29, 1.82) is 0 Å². The fourth-order valence-electron chi connectivity index (χ4n) is 1.25. The van der Waals surface area contributed by atoms with Gasteiger partial charge >= 0.3 is 5.97 Å². The Balaban J connectivity index is 2.59. The Bertz CT molecular complexity index is 404. The molecule has 0 aliphatic heterocycles. The van der Waals surface area contributed by atoms with Gasteiger partial charge < -0.3 is 14.9 Å². The molecule has 0 spiro atoms. The summed E-state index contributed by atoms with van der Waals surface area (Å²) in [6.45, 7) is 4.33. The van der Waals surface area contributed by atoms with Crippen LogP contribution in [0, 0.1) is 5.41 Å². The summed E-state index contributed by atoms with van der Waals surface area (Å²) >= 11 is 0. The number of carbonyl (C=O) groups is 1. The van der Waals surface area contributed by atoms with E-state index in [0.717, 1.165) is 11.1 Å². The van der Waals surface area contributed by atoms with Crippen LogP contribution in [0.4, 0.5) is 0 Å². The molecule has 0 bridgehead atoms. The first kappa shape index (κ1) is 14.4.